The van der Waals surface area contributed by atoms with Crippen molar-refractivity contribution in [1.82, 2.24) is 0 Å². The second-order valence-electron chi connectivity index (χ2n) is 1.73. The largest absolute Gasteiger partial charge is 4.00 e. The summed E-state index contributed by atoms with van der Waals surface area (Å²) >= 11 is 0. The van der Waals surface area contributed by atoms with E-state index in [1.54, 1.807) is 0 Å². The van der Waals surface area contributed by atoms with Gasteiger partial charge in [-0.05, 0) is 5.92 Å². The molecule has 0 aliphatic rings. The molecule has 0 heterocycles. The zero-order valence-electron chi connectivity index (χ0n) is 7.93. The van der Waals surface area contributed by atoms with Crippen molar-refractivity contribution < 1.29 is 36.5 Å². The molecule has 0 aliphatic heterocycles. The van der Waals surface area contributed by atoms with Gasteiger partial charge in [0.25, 0.3) is 0 Å². The number of hydrogen-bond acceptors (Lipinski definition) is 4. The average Bonchev–Trinajstić information content (AvgIpc) is 2.16. The van der Waals surface area contributed by atoms with Gasteiger partial charge < -0.3 is 19.2 Å². The van der Waals surface area contributed by atoms with Gasteiger partial charge in [0.2, 0.25) is 0 Å². The van der Waals surface area contributed by atoms with Gasteiger partial charge in [0.15, 0.2) is 0 Å². The average molecular weight is 226 g/mol. The fourth-order valence-electron chi connectivity index (χ4n) is 0. The maximum absolute atomic E-state index is 7.75. The minimum absolute atomic E-state index is 0. The molecule has 0 atom stereocenters. The SMILES string of the molecule is CC(C)C.[CH-]=O.[CH-]=O.[CH-]=O.[CH-]=O.[Cr+4]. The maximum atomic E-state index is 7.75. The molecule has 5 heteroatoms. The summed E-state index contributed by atoms with van der Waals surface area (Å²) in [5.41, 5.74) is 0. The first-order chi connectivity index (χ1) is 5.73. The second-order valence-corrected chi connectivity index (χ2v) is 1.73. The zero-order valence-corrected chi connectivity index (χ0v) is 9.20. The number of carbonyl (C=O) groups excluding carboxylic acids is 4. The van der Waals surface area contributed by atoms with Gasteiger partial charge in [0.05, 0.1) is 0 Å². The van der Waals surface area contributed by atoms with Gasteiger partial charge in [-0.25, -0.2) is 0 Å². The van der Waals surface area contributed by atoms with Crippen molar-refractivity contribution >= 4 is 27.2 Å². The van der Waals surface area contributed by atoms with Crippen molar-refractivity contribution in [2.45, 2.75) is 20.8 Å². The Hall–Kier alpha value is -0.788. The van der Waals surface area contributed by atoms with Crippen molar-refractivity contribution in [1.29, 1.82) is 0 Å². The minimum atomic E-state index is 0. The van der Waals surface area contributed by atoms with E-state index in [2.05, 4.69) is 47.9 Å². The summed E-state index contributed by atoms with van der Waals surface area (Å²) in [4.78, 5) is 31.0. The predicted molar refractivity (Wildman–Crippen MR) is 47.5 cm³/mol. The van der Waals surface area contributed by atoms with E-state index in [0.717, 1.165) is 5.92 Å². The Morgan fingerprint density at radius 3 is 0.615 bits per heavy atom. The zero-order chi connectivity index (χ0) is 11.6. The Bertz CT molecular complexity index is 42.7. The summed E-state index contributed by atoms with van der Waals surface area (Å²) in [5.74, 6) is 0.833. The predicted octanol–water partition coefficient (Wildman–Crippen LogP) is 0.563. The molecule has 0 saturated heterocycles. The first kappa shape index (κ1) is 39.8. The van der Waals surface area contributed by atoms with Crippen molar-refractivity contribution in [3.05, 3.63) is 0 Å². The van der Waals surface area contributed by atoms with Crippen LogP contribution in [0, 0.1) is 5.92 Å². The van der Waals surface area contributed by atoms with Crippen LogP contribution in [0.2, 0.25) is 0 Å². The van der Waals surface area contributed by atoms with Gasteiger partial charge >= 0.3 is 17.4 Å². The Morgan fingerprint density at radius 1 is 0.615 bits per heavy atom. The Kier molecular flexibility index (Phi) is 731. The van der Waals surface area contributed by atoms with E-state index in [9.17, 15) is 0 Å². The molecule has 0 bridgehead atoms. The van der Waals surface area contributed by atoms with Crippen LogP contribution in [-0.2, 0) is 36.5 Å². The Labute approximate surface area is 90.8 Å². The molecule has 0 aromatic heterocycles. The molecular weight excluding hydrogens is 212 g/mol. The first-order valence-electron chi connectivity index (χ1n) is 2.67. The van der Waals surface area contributed by atoms with Crippen LogP contribution in [0.25, 0.3) is 0 Å². The van der Waals surface area contributed by atoms with Crippen molar-refractivity contribution in [2.24, 2.45) is 5.92 Å². The summed E-state index contributed by atoms with van der Waals surface area (Å²) in [5, 5.41) is 0. The molecule has 0 aromatic rings. The minimum Gasteiger partial charge on any atom is -0.545 e. The van der Waals surface area contributed by atoms with Gasteiger partial charge in [-0.1, -0.05) is 20.8 Å². The third-order valence-corrected chi connectivity index (χ3v) is 0. The third-order valence-electron chi connectivity index (χ3n) is 0. The fraction of sp³-hybridized carbons (Fsp3) is 0.500. The van der Waals surface area contributed by atoms with Gasteiger partial charge in [-0.15, -0.1) is 0 Å². The monoisotopic (exact) mass is 226 g/mol. The van der Waals surface area contributed by atoms with E-state index in [-0.39, 0.29) is 17.4 Å². The molecule has 0 fully saturated rings. The molecule has 0 N–H and O–H groups in total. The van der Waals surface area contributed by atoms with Crippen LogP contribution >= 0.6 is 0 Å². The molecule has 4 nitrogen and oxygen atoms in total. The summed E-state index contributed by atoms with van der Waals surface area (Å²) in [6.45, 7) is 19.5. The summed E-state index contributed by atoms with van der Waals surface area (Å²) in [6, 6.07) is 0. The van der Waals surface area contributed by atoms with Crippen LogP contribution in [0.15, 0.2) is 0 Å². The van der Waals surface area contributed by atoms with Crippen LogP contribution in [0.1, 0.15) is 20.8 Å². The molecule has 0 radical (unpaired) electrons. The van der Waals surface area contributed by atoms with Crippen LogP contribution in [0.5, 0.6) is 0 Å². The Morgan fingerprint density at radius 2 is 0.615 bits per heavy atom. The van der Waals surface area contributed by atoms with Crippen LogP contribution in [0.4, 0.5) is 0 Å². The van der Waals surface area contributed by atoms with Crippen molar-refractivity contribution in [2.75, 3.05) is 0 Å². The van der Waals surface area contributed by atoms with E-state index >= 15 is 0 Å². The molecular formula is C8H14CrO4. The quantitative estimate of drug-likeness (QED) is 0.447. The molecule has 0 saturated carbocycles. The molecule has 0 aliphatic carbocycles. The smallest absolute Gasteiger partial charge is 0.545 e. The first-order valence-corrected chi connectivity index (χ1v) is 2.67. The normalized spacial score (nSPS) is 4.00. The van der Waals surface area contributed by atoms with E-state index < -0.39 is 0 Å². The topological polar surface area (TPSA) is 68.3 Å². The summed E-state index contributed by atoms with van der Waals surface area (Å²) in [7, 11) is 0. The molecule has 0 unspecified atom stereocenters. The maximum Gasteiger partial charge on any atom is 4.00 e. The van der Waals surface area contributed by atoms with Gasteiger partial charge in [0.1, 0.15) is 0 Å². The van der Waals surface area contributed by atoms with E-state index in [4.69, 9.17) is 19.2 Å². The van der Waals surface area contributed by atoms with E-state index in [1.165, 1.54) is 0 Å². The van der Waals surface area contributed by atoms with E-state index in [1.807, 2.05) is 0 Å². The molecule has 0 amide bonds. The molecule has 0 rings (SSSR count). The summed E-state index contributed by atoms with van der Waals surface area (Å²) < 4.78 is 0. The van der Waals surface area contributed by atoms with Gasteiger partial charge in [0, 0.05) is 0 Å². The molecule has 0 aromatic carbocycles. The number of rotatable bonds is 0. The van der Waals surface area contributed by atoms with Gasteiger partial charge in [-0.3, -0.25) is 27.2 Å². The Balaban J connectivity index is -0.0000000122. The van der Waals surface area contributed by atoms with Crippen LogP contribution in [-0.4, -0.2) is 27.2 Å². The van der Waals surface area contributed by atoms with Crippen LogP contribution < -0.4 is 0 Å². The standard InChI is InChI=1S/C4H10.4CHO.Cr/c1-4(2)3;4*1-2;/h4H,1-3H3;4*1H;/q;4*-1;+4. The molecule has 76 valence electrons. The van der Waals surface area contributed by atoms with Crippen molar-refractivity contribution in [3.63, 3.8) is 0 Å². The fourth-order valence-corrected chi connectivity index (χ4v) is 0. The van der Waals surface area contributed by atoms with Crippen molar-refractivity contribution in [3.8, 4) is 0 Å². The second kappa shape index (κ2) is 239. The van der Waals surface area contributed by atoms with Gasteiger partial charge in [-0.2, -0.15) is 0 Å². The van der Waals surface area contributed by atoms with E-state index in [0.29, 0.717) is 0 Å². The molecule has 13 heavy (non-hydrogen) atoms. The third kappa shape index (κ3) is 1530. The molecule has 0 spiro atoms. The summed E-state index contributed by atoms with van der Waals surface area (Å²) in [6.07, 6.45) is 0. The van der Waals surface area contributed by atoms with Crippen LogP contribution in [0.3, 0.4) is 0 Å². The number of hydrogen-bond donors (Lipinski definition) is 0.